The molecule has 22 heavy (non-hydrogen) atoms. The summed E-state index contributed by atoms with van der Waals surface area (Å²) in [5.41, 5.74) is 2.00. The van der Waals surface area contributed by atoms with Crippen LogP contribution in [0.25, 0.3) is 0 Å². The molecule has 0 unspecified atom stereocenters. The van der Waals surface area contributed by atoms with E-state index in [-0.39, 0.29) is 11.8 Å². The summed E-state index contributed by atoms with van der Waals surface area (Å²) in [6.07, 6.45) is 3.36. The van der Waals surface area contributed by atoms with Gasteiger partial charge in [0.05, 0.1) is 19.4 Å². The van der Waals surface area contributed by atoms with Gasteiger partial charge in [0.2, 0.25) is 5.91 Å². The van der Waals surface area contributed by atoms with Crippen LogP contribution in [-0.2, 0) is 29.1 Å². The third-order valence-electron chi connectivity index (χ3n) is 3.78. The summed E-state index contributed by atoms with van der Waals surface area (Å²) in [5, 5.41) is 11.1. The van der Waals surface area contributed by atoms with Gasteiger partial charge in [-0.15, -0.1) is 5.10 Å². The maximum atomic E-state index is 12.4. The highest BCUT2D eigenvalue weighted by Crippen LogP contribution is 2.14. The Bertz CT molecular complexity index is 612. The lowest BCUT2D eigenvalue weighted by Gasteiger charge is -2.17. The van der Waals surface area contributed by atoms with Gasteiger partial charge in [-0.05, 0) is 18.4 Å². The number of nitrogens with one attached hydrogen (secondary N) is 1. The fourth-order valence-corrected chi connectivity index (χ4v) is 2.59. The molecule has 1 aliphatic rings. The van der Waals surface area contributed by atoms with E-state index in [2.05, 4.69) is 27.8 Å². The van der Waals surface area contributed by atoms with Crippen molar-refractivity contribution in [3.63, 3.8) is 0 Å². The van der Waals surface area contributed by atoms with Gasteiger partial charge >= 0.3 is 0 Å². The number of benzene rings is 1. The number of carbonyl (C=O) groups is 1. The van der Waals surface area contributed by atoms with Crippen molar-refractivity contribution >= 4 is 5.91 Å². The van der Waals surface area contributed by atoms with Crippen molar-refractivity contribution in [3.05, 3.63) is 47.8 Å². The Balaban J connectivity index is 1.72. The van der Waals surface area contributed by atoms with E-state index in [0.717, 1.165) is 18.5 Å². The van der Waals surface area contributed by atoms with Gasteiger partial charge in [0, 0.05) is 19.0 Å². The second kappa shape index (κ2) is 7.17. The lowest BCUT2D eigenvalue weighted by molar-refractivity contribution is -0.125. The quantitative estimate of drug-likeness (QED) is 0.904. The van der Waals surface area contributed by atoms with Crippen LogP contribution in [0, 0.1) is 5.92 Å². The maximum Gasteiger partial charge on any atom is 0.223 e. The van der Waals surface area contributed by atoms with Crippen molar-refractivity contribution in [2.45, 2.75) is 26.0 Å². The molecular formula is C16H20N4O2. The molecule has 2 aromatic rings. The Morgan fingerprint density at radius 2 is 2.18 bits per heavy atom. The first-order chi connectivity index (χ1) is 10.8. The van der Waals surface area contributed by atoms with E-state index in [1.54, 1.807) is 4.68 Å². The number of hydrogen-bond acceptors (Lipinski definition) is 4. The van der Waals surface area contributed by atoms with Crippen LogP contribution in [0.15, 0.2) is 36.5 Å². The van der Waals surface area contributed by atoms with Crippen molar-refractivity contribution < 1.29 is 9.53 Å². The molecule has 1 amide bonds. The third kappa shape index (κ3) is 3.92. The van der Waals surface area contributed by atoms with E-state index in [0.29, 0.717) is 26.3 Å². The first-order valence-electron chi connectivity index (χ1n) is 7.59. The van der Waals surface area contributed by atoms with Gasteiger partial charge in [-0.25, -0.2) is 0 Å². The molecule has 2 heterocycles. The molecule has 1 aliphatic heterocycles. The van der Waals surface area contributed by atoms with Gasteiger partial charge in [0.25, 0.3) is 0 Å². The van der Waals surface area contributed by atoms with Crippen LogP contribution in [0.2, 0.25) is 0 Å². The highest BCUT2D eigenvalue weighted by molar-refractivity contribution is 5.78. The molecule has 1 atom stereocenters. The SMILES string of the molecule is O=C1NCCOCc2cn(nn2)CC[C@@H]1Cc1ccccc1. The largest absolute Gasteiger partial charge is 0.373 e. The number of nitrogens with zero attached hydrogens (tertiary/aromatic N) is 3. The van der Waals surface area contributed by atoms with Crippen LogP contribution in [0.4, 0.5) is 0 Å². The van der Waals surface area contributed by atoms with Crippen molar-refractivity contribution in [2.24, 2.45) is 5.92 Å². The van der Waals surface area contributed by atoms with Crippen molar-refractivity contribution in [1.29, 1.82) is 0 Å². The van der Waals surface area contributed by atoms with Gasteiger partial charge < -0.3 is 10.1 Å². The van der Waals surface area contributed by atoms with Crippen LogP contribution in [0.5, 0.6) is 0 Å². The maximum absolute atomic E-state index is 12.4. The molecule has 1 aromatic carbocycles. The van der Waals surface area contributed by atoms with Crippen LogP contribution in [0.1, 0.15) is 17.7 Å². The summed E-state index contributed by atoms with van der Waals surface area (Å²) in [6, 6.07) is 10.1. The predicted octanol–water partition coefficient (Wildman–Crippen LogP) is 1.17. The first-order valence-corrected chi connectivity index (χ1v) is 7.59. The molecule has 0 saturated carbocycles. The monoisotopic (exact) mass is 300 g/mol. The highest BCUT2D eigenvalue weighted by Gasteiger charge is 2.19. The minimum atomic E-state index is -0.0746. The number of carbonyl (C=O) groups excluding carboxylic acids is 1. The van der Waals surface area contributed by atoms with Crippen LogP contribution < -0.4 is 5.32 Å². The van der Waals surface area contributed by atoms with Gasteiger partial charge in [0.1, 0.15) is 5.69 Å². The molecule has 116 valence electrons. The van der Waals surface area contributed by atoms with E-state index in [4.69, 9.17) is 4.74 Å². The molecule has 2 bridgehead atoms. The summed E-state index contributed by atoms with van der Waals surface area (Å²) >= 11 is 0. The smallest absolute Gasteiger partial charge is 0.223 e. The summed E-state index contributed by atoms with van der Waals surface area (Å²) in [4.78, 5) is 12.4. The number of hydrogen-bond donors (Lipinski definition) is 1. The Hall–Kier alpha value is -2.21. The zero-order chi connectivity index (χ0) is 15.2. The number of ether oxygens (including phenoxy) is 1. The molecule has 0 saturated heterocycles. The highest BCUT2D eigenvalue weighted by atomic mass is 16.5. The average Bonchev–Trinajstić information content (AvgIpc) is 2.99. The van der Waals surface area contributed by atoms with Gasteiger partial charge in [0.15, 0.2) is 0 Å². The average molecular weight is 300 g/mol. The van der Waals surface area contributed by atoms with Crippen molar-refractivity contribution in [2.75, 3.05) is 13.2 Å². The van der Waals surface area contributed by atoms with E-state index in [9.17, 15) is 4.79 Å². The van der Waals surface area contributed by atoms with E-state index in [1.165, 1.54) is 5.56 Å². The molecule has 3 rings (SSSR count). The first kappa shape index (κ1) is 14.7. The number of aryl methyl sites for hydroxylation is 1. The minimum Gasteiger partial charge on any atom is -0.373 e. The lowest BCUT2D eigenvalue weighted by Crippen LogP contribution is -2.35. The predicted molar refractivity (Wildman–Crippen MR) is 80.9 cm³/mol. The second-order valence-electron chi connectivity index (χ2n) is 5.49. The molecule has 0 fully saturated rings. The molecule has 0 spiro atoms. The number of amides is 1. The Kier molecular flexibility index (Phi) is 4.80. The minimum absolute atomic E-state index is 0.0746. The van der Waals surface area contributed by atoms with Gasteiger partial charge in [-0.2, -0.15) is 0 Å². The van der Waals surface area contributed by atoms with E-state index in [1.807, 2.05) is 24.4 Å². The van der Waals surface area contributed by atoms with Crippen LogP contribution >= 0.6 is 0 Å². The molecule has 1 aromatic heterocycles. The Morgan fingerprint density at radius 1 is 1.32 bits per heavy atom. The Labute approximate surface area is 129 Å². The summed E-state index contributed by atoms with van der Waals surface area (Å²) in [5.74, 6) is 0.00263. The van der Waals surface area contributed by atoms with Crippen molar-refractivity contribution in [3.8, 4) is 0 Å². The normalized spacial score (nSPS) is 19.8. The van der Waals surface area contributed by atoms with E-state index >= 15 is 0 Å². The topological polar surface area (TPSA) is 69.0 Å². The number of aromatic nitrogens is 3. The lowest BCUT2D eigenvalue weighted by atomic mass is 9.95. The molecule has 0 aliphatic carbocycles. The zero-order valence-corrected chi connectivity index (χ0v) is 12.4. The zero-order valence-electron chi connectivity index (χ0n) is 12.4. The third-order valence-corrected chi connectivity index (χ3v) is 3.78. The summed E-state index contributed by atoms with van der Waals surface area (Å²) in [6.45, 7) is 2.12. The van der Waals surface area contributed by atoms with Gasteiger partial charge in [-0.3, -0.25) is 9.48 Å². The Morgan fingerprint density at radius 3 is 3.05 bits per heavy atom. The van der Waals surface area contributed by atoms with Crippen LogP contribution in [0.3, 0.4) is 0 Å². The number of fused-ring (bicyclic) bond motifs is 2. The second-order valence-corrected chi connectivity index (χ2v) is 5.49. The van der Waals surface area contributed by atoms with E-state index < -0.39 is 0 Å². The molecule has 1 N–H and O–H groups in total. The van der Waals surface area contributed by atoms with Crippen LogP contribution in [-0.4, -0.2) is 34.1 Å². The fraction of sp³-hybridized carbons (Fsp3) is 0.438. The number of rotatable bonds is 2. The molecule has 6 nitrogen and oxygen atoms in total. The van der Waals surface area contributed by atoms with Crippen molar-refractivity contribution in [1.82, 2.24) is 20.3 Å². The standard InChI is InChI=1S/C16H20N4O2/c21-16-14(10-13-4-2-1-3-5-13)6-8-20-11-15(18-19-20)12-22-9-7-17-16/h1-5,11,14H,6-10,12H2,(H,17,21)/t14-/m1/s1. The van der Waals surface area contributed by atoms with Gasteiger partial charge in [-0.1, -0.05) is 35.5 Å². The fourth-order valence-electron chi connectivity index (χ4n) is 2.59. The summed E-state index contributed by atoms with van der Waals surface area (Å²) < 4.78 is 7.26. The molecular weight excluding hydrogens is 280 g/mol. The molecule has 0 radical (unpaired) electrons. The summed E-state index contributed by atoms with van der Waals surface area (Å²) in [7, 11) is 0. The molecule has 6 heteroatoms.